The van der Waals surface area contributed by atoms with Crippen LogP contribution in [0, 0.1) is 0 Å². The van der Waals surface area contributed by atoms with Crippen molar-refractivity contribution in [3.63, 3.8) is 0 Å². The summed E-state index contributed by atoms with van der Waals surface area (Å²) >= 11 is 1.69. The number of carbonyl (C=O) groups is 2. The lowest BCUT2D eigenvalue weighted by Gasteiger charge is -2.19. The smallest absolute Gasteiger partial charge is 0.267 e. The fourth-order valence-electron chi connectivity index (χ4n) is 3.24. The number of carbonyl (C=O) groups excluding carboxylic acids is 2. The summed E-state index contributed by atoms with van der Waals surface area (Å²) in [6, 6.07) is 0. The van der Waals surface area contributed by atoms with Crippen molar-refractivity contribution in [1.82, 2.24) is 15.3 Å². The lowest BCUT2D eigenvalue weighted by atomic mass is 9.87. The van der Waals surface area contributed by atoms with E-state index >= 15 is 0 Å². The van der Waals surface area contributed by atoms with Crippen molar-refractivity contribution < 1.29 is 9.59 Å². The number of rotatable bonds is 5. The van der Waals surface area contributed by atoms with Gasteiger partial charge in [0.15, 0.2) is 0 Å². The average molecular weight is 348 g/mol. The van der Waals surface area contributed by atoms with Gasteiger partial charge in [-0.3, -0.25) is 9.59 Å². The lowest BCUT2D eigenvalue weighted by Crippen LogP contribution is -2.38. The van der Waals surface area contributed by atoms with Crippen LogP contribution < -0.4 is 5.32 Å². The Hall–Kier alpha value is -1.76. The van der Waals surface area contributed by atoms with Gasteiger partial charge in [-0.15, -0.1) is 11.3 Å². The molecule has 0 radical (unpaired) electrons. The van der Waals surface area contributed by atoms with Gasteiger partial charge >= 0.3 is 0 Å². The minimum atomic E-state index is -0.182. The number of thiazole rings is 1. The maximum Gasteiger partial charge on any atom is 0.267 e. The molecule has 6 nitrogen and oxygen atoms in total. The van der Waals surface area contributed by atoms with Crippen molar-refractivity contribution in [3.05, 3.63) is 16.1 Å². The Labute approximate surface area is 146 Å². The molecule has 1 aromatic heterocycles. The molecule has 1 saturated carbocycles. The van der Waals surface area contributed by atoms with Crippen molar-refractivity contribution in [2.75, 3.05) is 13.6 Å². The standard InChI is InChI=1S/C17H24N4O2S/c1-21-16(22)8-7-13(20-21)17(23)18-10-9-15-19-14(11-24-15)12-5-3-2-4-6-12/h11-12H,2-10H2,1H3,(H,18,23). The monoisotopic (exact) mass is 348 g/mol. The summed E-state index contributed by atoms with van der Waals surface area (Å²) in [6.07, 6.45) is 7.99. The number of hydrogen-bond acceptors (Lipinski definition) is 5. The fourth-order valence-corrected chi connectivity index (χ4v) is 4.12. The van der Waals surface area contributed by atoms with E-state index in [1.54, 1.807) is 18.4 Å². The van der Waals surface area contributed by atoms with Gasteiger partial charge in [0, 0.05) is 44.2 Å². The third kappa shape index (κ3) is 4.20. The highest BCUT2D eigenvalue weighted by Crippen LogP contribution is 2.33. The second kappa shape index (κ2) is 7.88. The third-order valence-electron chi connectivity index (χ3n) is 4.69. The molecular weight excluding hydrogens is 324 g/mol. The highest BCUT2D eigenvalue weighted by Gasteiger charge is 2.22. The molecule has 24 heavy (non-hydrogen) atoms. The molecule has 1 N–H and O–H groups in total. The summed E-state index contributed by atoms with van der Waals surface area (Å²) in [4.78, 5) is 28.2. The first-order valence-corrected chi connectivity index (χ1v) is 9.58. The molecule has 3 rings (SSSR count). The van der Waals surface area contributed by atoms with Gasteiger partial charge in [-0.2, -0.15) is 5.10 Å². The van der Waals surface area contributed by atoms with E-state index in [2.05, 4.69) is 15.8 Å². The quantitative estimate of drug-likeness (QED) is 0.888. The van der Waals surface area contributed by atoms with E-state index in [0.29, 0.717) is 31.0 Å². The highest BCUT2D eigenvalue weighted by atomic mass is 32.1. The van der Waals surface area contributed by atoms with Crippen LogP contribution in [-0.2, 0) is 16.0 Å². The molecule has 2 amide bonds. The minimum Gasteiger partial charge on any atom is -0.351 e. The van der Waals surface area contributed by atoms with Crippen LogP contribution in [0.1, 0.15) is 61.6 Å². The van der Waals surface area contributed by atoms with E-state index in [0.717, 1.165) is 11.4 Å². The molecule has 0 aromatic carbocycles. The van der Waals surface area contributed by atoms with Gasteiger partial charge in [0.25, 0.3) is 5.91 Å². The Balaban J connectivity index is 1.46. The lowest BCUT2D eigenvalue weighted by molar-refractivity contribution is -0.130. The van der Waals surface area contributed by atoms with Crippen LogP contribution in [0.25, 0.3) is 0 Å². The summed E-state index contributed by atoms with van der Waals surface area (Å²) in [7, 11) is 1.58. The van der Waals surface area contributed by atoms with Gasteiger partial charge in [0.2, 0.25) is 5.91 Å². The first-order valence-electron chi connectivity index (χ1n) is 8.70. The van der Waals surface area contributed by atoms with E-state index in [1.165, 1.54) is 42.8 Å². The minimum absolute atomic E-state index is 0.0513. The molecule has 0 atom stereocenters. The van der Waals surface area contributed by atoms with Crippen LogP contribution in [0.3, 0.4) is 0 Å². The largest absolute Gasteiger partial charge is 0.351 e. The van der Waals surface area contributed by atoms with E-state index in [-0.39, 0.29) is 11.8 Å². The molecule has 1 aromatic rings. The van der Waals surface area contributed by atoms with E-state index in [1.807, 2.05) is 0 Å². The van der Waals surface area contributed by atoms with Gasteiger partial charge in [-0.25, -0.2) is 9.99 Å². The van der Waals surface area contributed by atoms with E-state index in [9.17, 15) is 9.59 Å². The Morgan fingerprint density at radius 3 is 2.88 bits per heavy atom. The summed E-state index contributed by atoms with van der Waals surface area (Å²) in [5, 5.41) is 11.4. The first kappa shape index (κ1) is 17.1. The van der Waals surface area contributed by atoms with Crippen LogP contribution in [-0.4, -0.2) is 41.1 Å². The third-order valence-corrected chi connectivity index (χ3v) is 5.61. The average Bonchev–Trinajstić information content (AvgIpc) is 3.07. The first-order chi connectivity index (χ1) is 11.6. The maximum atomic E-state index is 12.1. The Morgan fingerprint density at radius 2 is 2.12 bits per heavy atom. The van der Waals surface area contributed by atoms with Crippen LogP contribution >= 0.6 is 11.3 Å². The predicted octanol–water partition coefficient (Wildman–Crippen LogP) is 2.46. The van der Waals surface area contributed by atoms with Crippen LogP contribution in [0.15, 0.2) is 10.5 Å². The maximum absolute atomic E-state index is 12.1. The number of hydrazone groups is 1. The van der Waals surface area contributed by atoms with Crippen LogP contribution in [0.5, 0.6) is 0 Å². The Morgan fingerprint density at radius 1 is 1.33 bits per heavy atom. The zero-order valence-corrected chi connectivity index (χ0v) is 14.9. The fraction of sp³-hybridized carbons (Fsp3) is 0.647. The number of nitrogens with one attached hydrogen (secondary N) is 1. The normalized spacial score (nSPS) is 19.3. The molecule has 2 aliphatic rings. The van der Waals surface area contributed by atoms with E-state index < -0.39 is 0 Å². The second-order valence-electron chi connectivity index (χ2n) is 6.47. The predicted molar refractivity (Wildman–Crippen MR) is 94.1 cm³/mol. The topological polar surface area (TPSA) is 74.7 Å². The number of aromatic nitrogens is 1. The molecule has 1 fully saturated rings. The van der Waals surface area contributed by atoms with Crippen LogP contribution in [0.2, 0.25) is 0 Å². The highest BCUT2D eigenvalue weighted by molar-refractivity contribution is 7.09. The summed E-state index contributed by atoms with van der Waals surface area (Å²) < 4.78 is 0. The van der Waals surface area contributed by atoms with Gasteiger partial charge in [-0.1, -0.05) is 19.3 Å². The molecular formula is C17H24N4O2S. The molecule has 0 unspecified atom stereocenters. The van der Waals surface area contributed by atoms with Crippen molar-refractivity contribution in [1.29, 1.82) is 0 Å². The molecule has 1 aliphatic heterocycles. The molecule has 7 heteroatoms. The molecule has 1 aliphatic carbocycles. The van der Waals surface area contributed by atoms with Crippen LogP contribution in [0.4, 0.5) is 0 Å². The number of hydrogen-bond donors (Lipinski definition) is 1. The second-order valence-corrected chi connectivity index (χ2v) is 7.41. The molecule has 2 heterocycles. The number of nitrogens with zero attached hydrogens (tertiary/aromatic N) is 3. The van der Waals surface area contributed by atoms with Crippen molar-refractivity contribution in [3.8, 4) is 0 Å². The van der Waals surface area contributed by atoms with Crippen molar-refractivity contribution >= 4 is 28.9 Å². The molecule has 130 valence electrons. The van der Waals surface area contributed by atoms with E-state index in [4.69, 9.17) is 4.98 Å². The summed E-state index contributed by atoms with van der Waals surface area (Å²) in [5.41, 5.74) is 1.66. The molecule has 0 bridgehead atoms. The van der Waals surface area contributed by atoms with Gasteiger partial charge in [0.1, 0.15) is 5.71 Å². The number of amides is 2. The molecule has 0 spiro atoms. The molecule has 0 saturated heterocycles. The summed E-state index contributed by atoms with van der Waals surface area (Å²) in [6.45, 7) is 0.549. The Bertz CT molecular complexity index is 634. The zero-order valence-electron chi connectivity index (χ0n) is 14.1. The summed E-state index contributed by atoms with van der Waals surface area (Å²) in [5.74, 6) is 0.394. The van der Waals surface area contributed by atoms with Gasteiger partial charge in [-0.05, 0) is 12.8 Å². The van der Waals surface area contributed by atoms with Gasteiger partial charge in [0.05, 0.1) is 10.7 Å². The van der Waals surface area contributed by atoms with Gasteiger partial charge < -0.3 is 5.32 Å². The zero-order chi connectivity index (χ0) is 16.9. The van der Waals surface area contributed by atoms with Crippen molar-refractivity contribution in [2.24, 2.45) is 5.10 Å². The Kier molecular flexibility index (Phi) is 5.60. The van der Waals surface area contributed by atoms with Crippen molar-refractivity contribution in [2.45, 2.75) is 57.3 Å². The SMILES string of the molecule is CN1N=C(C(=O)NCCc2nc(C3CCCCC3)cs2)CCC1=O.